The van der Waals surface area contributed by atoms with Gasteiger partial charge in [-0.3, -0.25) is 4.90 Å². The van der Waals surface area contributed by atoms with E-state index < -0.39 is 6.16 Å². The molecule has 27 heavy (non-hydrogen) atoms. The average Bonchev–Trinajstić information content (AvgIpc) is 2.63. The van der Waals surface area contributed by atoms with Gasteiger partial charge in [0.05, 0.1) is 13.2 Å². The predicted octanol–water partition coefficient (Wildman–Crippen LogP) is 4.04. The highest BCUT2D eigenvalue weighted by Crippen LogP contribution is 2.34. The summed E-state index contributed by atoms with van der Waals surface area (Å²) in [5.74, 6) is 1.14. The van der Waals surface area contributed by atoms with E-state index in [4.69, 9.17) is 18.9 Å². The molecular weight excluding hydrogens is 346 g/mol. The summed E-state index contributed by atoms with van der Waals surface area (Å²) in [6, 6.07) is 6.00. The molecule has 0 aliphatic heterocycles. The molecule has 0 saturated carbocycles. The Kier molecular flexibility index (Phi) is 11.0. The molecule has 0 heterocycles. The molecule has 0 unspecified atom stereocenters. The molecule has 154 valence electrons. The van der Waals surface area contributed by atoms with Crippen molar-refractivity contribution >= 4 is 6.16 Å². The lowest BCUT2D eigenvalue weighted by atomic mass is 9.94. The van der Waals surface area contributed by atoms with Crippen LogP contribution in [-0.4, -0.2) is 64.7 Å². The zero-order chi connectivity index (χ0) is 20.2. The van der Waals surface area contributed by atoms with Gasteiger partial charge in [-0.2, -0.15) is 0 Å². The van der Waals surface area contributed by atoms with E-state index in [2.05, 4.69) is 32.6 Å². The molecule has 1 rings (SSSR count). The van der Waals surface area contributed by atoms with Gasteiger partial charge in [0.2, 0.25) is 0 Å². The van der Waals surface area contributed by atoms with E-state index in [9.17, 15) is 4.79 Å². The Morgan fingerprint density at radius 3 is 1.81 bits per heavy atom. The van der Waals surface area contributed by atoms with E-state index in [1.807, 2.05) is 18.2 Å². The van der Waals surface area contributed by atoms with Gasteiger partial charge < -0.3 is 18.9 Å². The van der Waals surface area contributed by atoms with Crippen LogP contribution in [0.25, 0.3) is 0 Å². The number of nitrogens with zero attached hydrogens (tertiary/aromatic N) is 1. The second kappa shape index (κ2) is 12.7. The fourth-order valence-corrected chi connectivity index (χ4v) is 2.75. The average molecular weight is 382 g/mol. The number of benzene rings is 1. The van der Waals surface area contributed by atoms with Crippen molar-refractivity contribution in [2.24, 2.45) is 0 Å². The largest absolute Gasteiger partial charge is 0.513 e. The van der Waals surface area contributed by atoms with Crippen molar-refractivity contribution in [1.82, 2.24) is 4.90 Å². The van der Waals surface area contributed by atoms with Crippen molar-refractivity contribution in [3.8, 4) is 5.75 Å². The number of carbonyl (C=O) groups is 1. The van der Waals surface area contributed by atoms with E-state index in [-0.39, 0.29) is 18.4 Å². The van der Waals surface area contributed by atoms with Crippen molar-refractivity contribution in [2.45, 2.75) is 39.5 Å². The lowest BCUT2D eigenvalue weighted by Gasteiger charge is -2.22. The third-order valence-corrected chi connectivity index (χ3v) is 4.36. The monoisotopic (exact) mass is 381 g/mol. The topological polar surface area (TPSA) is 57.2 Å². The van der Waals surface area contributed by atoms with Crippen LogP contribution in [0.1, 0.15) is 50.7 Å². The highest BCUT2D eigenvalue weighted by Gasteiger charge is 2.19. The molecule has 0 bridgehead atoms. The smallest absolute Gasteiger partial charge is 0.433 e. The van der Waals surface area contributed by atoms with Crippen molar-refractivity contribution in [3.05, 3.63) is 29.3 Å². The zero-order valence-corrected chi connectivity index (χ0v) is 17.6. The van der Waals surface area contributed by atoms with E-state index in [0.29, 0.717) is 25.5 Å². The number of para-hydroxylation sites is 1. The van der Waals surface area contributed by atoms with Gasteiger partial charge in [0.1, 0.15) is 12.4 Å². The summed E-state index contributed by atoms with van der Waals surface area (Å²) in [4.78, 5) is 14.4. The van der Waals surface area contributed by atoms with Crippen molar-refractivity contribution < 1.29 is 23.7 Å². The summed E-state index contributed by atoms with van der Waals surface area (Å²) in [7, 11) is 3.34. The zero-order valence-electron chi connectivity index (χ0n) is 17.6. The van der Waals surface area contributed by atoms with Crippen LogP contribution in [0.4, 0.5) is 4.79 Å². The molecule has 6 nitrogen and oxygen atoms in total. The summed E-state index contributed by atoms with van der Waals surface area (Å²) < 4.78 is 21.2. The maximum absolute atomic E-state index is 12.3. The van der Waals surface area contributed by atoms with Crippen molar-refractivity contribution in [3.63, 3.8) is 0 Å². The van der Waals surface area contributed by atoms with E-state index in [1.165, 1.54) is 0 Å². The maximum atomic E-state index is 12.3. The maximum Gasteiger partial charge on any atom is 0.513 e. The fourth-order valence-electron chi connectivity index (χ4n) is 2.75. The molecule has 0 radical (unpaired) electrons. The number of methoxy groups -OCH3 is 2. The minimum atomic E-state index is -0.663. The molecule has 0 N–H and O–H groups in total. The number of rotatable bonds is 12. The summed E-state index contributed by atoms with van der Waals surface area (Å²) in [6.45, 7) is 11.9. The first-order chi connectivity index (χ1) is 12.9. The number of ether oxygens (including phenoxy) is 4. The molecule has 6 heteroatoms. The Bertz CT molecular complexity index is 525. The Morgan fingerprint density at radius 2 is 1.37 bits per heavy atom. The van der Waals surface area contributed by atoms with Crippen molar-refractivity contribution in [2.75, 3.05) is 53.7 Å². The van der Waals surface area contributed by atoms with Crippen LogP contribution in [0.3, 0.4) is 0 Å². The molecule has 0 aromatic heterocycles. The van der Waals surface area contributed by atoms with Gasteiger partial charge in [-0.15, -0.1) is 0 Å². The lowest BCUT2D eigenvalue weighted by Crippen LogP contribution is -2.34. The number of hydrogen-bond donors (Lipinski definition) is 0. The third-order valence-electron chi connectivity index (χ3n) is 4.36. The van der Waals surface area contributed by atoms with Gasteiger partial charge >= 0.3 is 6.16 Å². The highest BCUT2D eigenvalue weighted by molar-refractivity contribution is 5.66. The minimum Gasteiger partial charge on any atom is -0.433 e. The van der Waals surface area contributed by atoms with Crippen LogP contribution in [0.2, 0.25) is 0 Å². The van der Waals surface area contributed by atoms with Crippen LogP contribution in [0, 0.1) is 0 Å². The first-order valence-electron chi connectivity index (χ1n) is 9.58. The molecule has 1 aromatic rings. The molecule has 0 amide bonds. The molecule has 0 saturated heterocycles. The Balaban J connectivity index is 2.66. The number of hydrogen-bond acceptors (Lipinski definition) is 6. The normalized spacial score (nSPS) is 11.4. The first kappa shape index (κ1) is 23.4. The number of carbonyl (C=O) groups excluding carboxylic acids is 1. The Morgan fingerprint density at radius 1 is 0.889 bits per heavy atom. The van der Waals surface area contributed by atoms with Gasteiger partial charge in [0.25, 0.3) is 0 Å². The van der Waals surface area contributed by atoms with Gasteiger partial charge in [-0.05, 0) is 23.0 Å². The van der Waals surface area contributed by atoms with Gasteiger partial charge in [0.15, 0.2) is 0 Å². The summed E-state index contributed by atoms with van der Waals surface area (Å²) >= 11 is 0. The van der Waals surface area contributed by atoms with Crippen LogP contribution in [0.15, 0.2) is 18.2 Å². The van der Waals surface area contributed by atoms with E-state index in [1.54, 1.807) is 14.2 Å². The van der Waals surface area contributed by atoms with Crippen molar-refractivity contribution in [1.29, 1.82) is 0 Å². The summed E-state index contributed by atoms with van der Waals surface area (Å²) in [6.07, 6.45) is -0.663. The SMILES string of the molecule is COCCN(CCOC)CCOC(=O)Oc1c(C(C)C)cccc1C(C)C. The van der Waals surface area contributed by atoms with E-state index >= 15 is 0 Å². The third kappa shape index (κ3) is 8.28. The summed E-state index contributed by atoms with van der Waals surface area (Å²) in [5.41, 5.74) is 2.03. The van der Waals surface area contributed by atoms with Crippen LogP contribution >= 0.6 is 0 Å². The lowest BCUT2D eigenvalue weighted by molar-refractivity contribution is 0.0705. The molecule has 0 atom stereocenters. The van der Waals surface area contributed by atoms with Gasteiger partial charge in [-0.25, -0.2) is 4.79 Å². The molecule has 0 spiro atoms. The van der Waals surface area contributed by atoms with Crippen LogP contribution in [-0.2, 0) is 14.2 Å². The molecule has 0 aliphatic carbocycles. The molecule has 0 fully saturated rings. The Hall–Kier alpha value is -1.63. The van der Waals surface area contributed by atoms with Crippen LogP contribution in [0.5, 0.6) is 5.75 Å². The molecule has 1 aromatic carbocycles. The van der Waals surface area contributed by atoms with E-state index in [0.717, 1.165) is 24.2 Å². The fraction of sp³-hybridized carbons (Fsp3) is 0.667. The van der Waals surface area contributed by atoms with Gasteiger partial charge in [0, 0.05) is 33.9 Å². The minimum absolute atomic E-state index is 0.255. The summed E-state index contributed by atoms with van der Waals surface area (Å²) in [5, 5.41) is 0. The standard InChI is InChI=1S/C21H35NO5/c1-16(2)18-8-7-9-19(17(3)4)20(18)27-21(23)26-15-12-22(10-13-24-5)11-14-25-6/h7-9,16-17H,10-15H2,1-6H3. The highest BCUT2D eigenvalue weighted by atomic mass is 16.7. The second-order valence-corrected chi connectivity index (χ2v) is 7.10. The molecular formula is C21H35NO5. The molecule has 0 aliphatic rings. The Labute approximate surface area is 163 Å². The second-order valence-electron chi connectivity index (χ2n) is 7.10. The van der Waals surface area contributed by atoms with Gasteiger partial charge in [-0.1, -0.05) is 45.9 Å². The quantitative estimate of drug-likeness (QED) is 0.402. The first-order valence-corrected chi connectivity index (χ1v) is 9.58. The predicted molar refractivity (Wildman–Crippen MR) is 107 cm³/mol. The van der Waals surface area contributed by atoms with Crippen LogP contribution < -0.4 is 4.74 Å².